The summed E-state index contributed by atoms with van der Waals surface area (Å²) in [6, 6.07) is 22.1. The van der Waals surface area contributed by atoms with Crippen molar-refractivity contribution >= 4 is 49.9 Å². The van der Waals surface area contributed by atoms with Crippen LogP contribution in [0.2, 0.25) is 0 Å². The van der Waals surface area contributed by atoms with Crippen molar-refractivity contribution in [2.75, 3.05) is 43.3 Å². The highest BCUT2D eigenvalue weighted by Crippen LogP contribution is 2.26. The Bertz CT molecular complexity index is 1200. The summed E-state index contributed by atoms with van der Waals surface area (Å²) in [6.07, 6.45) is 0. The van der Waals surface area contributed by atoms with Crippen LogP contribution in [0.3, 0.4) is 0 Å². The quantitative estimate of drug-likeness (QED) is 0.431. The van der Waals surface area contributed by atoms with Gasteiger partial charge in [-0.3, -0.25) is 10.1 Å². The number of fused-ring (bicyclic) bond motifs is 1. The first-order valence-corrected chi connectivity index (χ1v) is 11.0. The van der Waals surface area contributed by atoms with E-state index in [1.165, 1.54) is 11.3 Å². The van der Waals surface area contributed by atoms with Gasteiger partial charge in [0.05, 0.1) is 15.8 Å². The lowest BCUT2D eigenvalue weighted by atomic mass is 10.2. The lowest BCUT2D eigenvalue weighted by molar-refractivity contribution is 0.0696. The zero-order chi connectivity index (χ0) is 24.0. The van der Waals surface area contributed by atoms with Gasteiger partial charge in [0.1, 0.15) is 0 Å². The van der Waals surface area contributed by atoms with Gasteiger partial charge in [0, 0.05) is 45.1 Å². The molecule has 1 amide bonds. The molecule has 2 N–H and O–H groups in total. The molecular weight excluding hydrogens is 436 g/mol. The Morgan fingerprint density at radius 2 is 1.30 bits per heavy atom. The highest BCUT2D eigenvalue weighted by atomic mass is 32.1. The highest BCUT2D eigenvalue weighted by molar-refractivity contribution is 7.22. The van der Waals surface area contributed by atoms with E-state index < -0.39 is 5.97 Å². The SMILES string of the molecule is CN(C)c1ccc(C(=O)Nc2nc3ccccc3s2)cc1.CN(C)c1ccc(C(=O)O)cc1. The molecule has 33 heavy (non-hydrogen) atoms. The third-order valence-corrected chi connectivity index (χ3v) is 5.74. The average Bonchev–Trinajstić information content (AvgIpc) is 3.22. The summed E-state index contributed by atoms with van der Waals surface area (Å²) in [6.45, 7) is 0. The summed E-state index contributed by atoms with van der Waals surface area (Å²) in [5, 5.41) is 12.1. The Balaban J connectivity index is 0.000000218. The Labute approximate surface area is 196 Å². The molecule has 0 spiro atoms. The number of carboxylic acid groups (broad SMARTS) is 1. The number of hydrogen-bond acceptors (Lipinski definition) is 6. The Kier molecular flexibility index (Phi) is 7.63. The molecule has 0 saturated heterocycles. The van der Waals surface area contributed by atoms with Gasteiger partial charge in [-0.15, -0.1) is 0 Å². The van der Waals surface area contributed by atoms with Gasteiger partial charge in [-0.1, -0.05) is 23.5 Å². The number of rotatable bonds is 5. The monoisotopic (exact) mass is 462 g/mol. The molecule has 0 bridgehead atoms. The predicted octanol–water partition coefficient (Wildman–Crippen LogP) is 5.07. The van der Waals surface area contributed by atoms with Crippen LogP contribution in [0, 0.1) is 0 Å². The molecule has 8 heteroatoms. The molecule has 0 unspecified atom stereocenters. The first kappa shape index (κ1) is 23.7. The molecule has 170 valence electrons. The van der Waals surface area contributed by atoms with Gasteiger partial charge in [-0.2, -0.15) is 0 Å². The summed E-state index contributed by atoms with van der Waals surface area (Å²) in [5.41, 5.74) is 3.91. The fourth-order valence-corrected chi connectivity index (χ4v) is 3.77. The molecule has 0 fully saturated rings. The molecule has 0 saturated carbocycles. The van der Waals surface area contributed by atoms with Crippen molar-refractivity contribution in [2.24, 2.45) is 0 Å². The van der Waals surface area contributed by atoms with Crippen LogP contribution in [0.4, 0.5) is 16.5 Å². The standard InChI is InChI=1S/C16H15N3OS.C9H11NO2/c1-19(2)12-9-7-11(8-10-12)15(20)18-16-17-13-5-3-4-6-14(13)21-16;1-10(2)8-5-3-7(4-6-8)9(11)12/h3-10H,1-2H3,(H,17,18,20);3-6H,1-2H3,(H,11,12). The number of carbonyl (C=O) groups excluding carboxylic acids is 1. The van der Waals surface area contributed by atoms with Crippen LogP contribution in [0.5, 0.6) is 0 Å². The number of anilines is 3. The van der Waals surface area contributed by atoms with E-state index in [-0.39, 0.29) is 5.91 Å². The molecule has 0 aliphatic carbocycles. The van der Waals surface area contributed by atoms with Gasteiger partial charge in [0.15, 0.2) is 5.13 Å². The average molecular weight is 463 g/mol. The van der Waals surface area contributed by atoms with Crippen molar-refractivity contribution in [1.29, 1.82) is 0 Å². The highest BCUT2D eigenvalue weighted by Gasteiger charge is 2.10. The van der Waals surface area contributed by atoms with E-state index >= 15 is 0 Å². The number of amides is 1. The van der Waals surface area contributed by atoms with E-state index in [0.717, 1.165) is 21.6 Å². The first-order chi connectivity index (χ1) is 15.7. The van der Waals surface area contributed by atoms with Gasteiger partial charge in [-0.05, 0) is 60.7 Å². The maximum atomic E-state index is 12.2. The largest absolute Gasteiger partial charge is 0.478 e. The molecule has 4 rings (SSSR count). The third-order valence-electron chi connectivity index (χ3n) is 4.79. The van der Waals surface area contributed by atoms with Crippen LogP contribution in [0.25, 0.3) is 10.2 Å². The molecule has 0 aliphatic heterocycles. The van der Waals surface area contributed by atoms with Gasteiger partial charge in [0.2, 0.25) is 0 Å². The molecule has 1 aromatic heterocycles. The Hall–Kier alpha value is -3.91. The lowest BCUT2D eigenvalue weighted by Gasteiger charge is -2.12. The van der Waals surface area contributed by atoms with E-state index in [1.54, 1.807) is 24.3 Å². The first-order valence-electron chi connectivity index (χ1n) is 10.2. The number of nitrogens with zero attached hydrogens (tertiary/aromatic N) is 3. The van der Waals surface area contributed by atoms with E-state index in [0.29, 0.717) is 16.3 Å². The zero-order valence-corrected chi connectivity index (χ0v) is 19.8. The lowest BCUT2D eigenvalue weighted by Crippen LogP contribution is -2.13. The van der Waals surface area contributed by atoms with Crippen LogP contribution >= 0.6 is 11.3 Å². The maximum absolute atomic E-state index is 12.2. The second kappa shape index (κ2) is 10.6. The number of nitrogens with one attached hydrogen (secondary N) is 1. The number of para-hydroxylation sites is 1. The molecule has 4 aromatic rings. The summed E-state index contributed by atoms with van der Waals surface area (Å²) in [7, 11) is 7.76. The molecule has 0 aliphatic rings. The normalized spacial score (nSPS) is 10.2. The van der Waals surface area contributed by atoms with Crippen molar-refractivity contribution in [3.63, 3.8) is 0 Å². The van der Waals surface area contributed by atoms with Crippen molar-refractivity contribution in [2.45, 2.75) is 0 Å². The molecular formula is C25H26N4O3S. The summed E-state index contributed by atoms with van der Waals surface area (Å²) < 4.78 is 1.07. The third kappa shape index (κ3) is 6.30. The predicted molar refractivity (Wildman–Crippen MR) is 136 cm³/mol. The zero-order valence-electron chi connectivity index (χ0n) is 18.9. The number of hydrogen-bond donors (Lipinski definition) is 2. The maximum Gasteiger partial charge on any atom is 0.335 e. The minimum absolute atomic E-state index is 0.139. The minimum Gasteiger partial charge on any atom is -0.478 e. The summed E-state index contributed by atoms with van der Waals surface area (Å²) in [5.74, 6) is -1.03. The number of aromatic carboxylic acids is 1. The van der Waals surface area contributed by atoms with E-state index in [4.69, 9.17) is 5.11 Å². The Morgan fingerprint density at radius 1 is 0.788 bits per heavy atom. The fourth-order valence-electron chi connectivity index (χ4n) is 2.91. The fraction of sp³-hybridized carbons (Fsp3) is 0.160. The van der Waals surface area contributed by atoms with Gasteiger partial charge < -0.3 is 14.9 Å². The number of carboxylic acids is 1. The van der Waals surface area contributed by atoms with E-state index in [1.807, 2.05) is 86.5 Å². The summed E-state index contributed by atoms with van der Waals surface area (Å²) >= 11 is 1.48. The van der Waals surface area contributed by atoms with Crippen LogP contribution in [-0.2, 0) is 0 Å². The van der Waals surface area contributed by atoms with Crippen molar-refractivity contribution in [3.05, 3.63) is 83.9 Å². The van der Waals surface area contributed by atoms with Crippen LogP contribution in [0.1, 0.15) is 20.7 Å². The topological polar surface area (TPSA) is 85.8 Å². The van der Waals surface area contributed by atoms with Crippen molar-refractivity contribution in [1.82, 2.24) is 4.98 Å². The van der Waals surface area contributed by atoms with Gasteiger partial charge >= 0.3 is 5.97 Å². The molecule has 7 nitrogen and oxygen atoms in total. The van der Waals surface area contributed by atoms with Crippen LogP contribution in [0.15, 0.2) is 72.8 Å². The van der Waals surface area contributed by atoms with Crippen LogP contribution < -0.4 is 15.1 Å². The Morgan fingerprint density at radius 3 is 1.79 bits per heavy atom. The van der Waals surface area contributed by atoms with Gasteiger partial charge in [0.25, 0.3) is 5.91 Å². The number of carbonyl (C=O) groups is 2. The van der Waals surface area contributed by atoms with E-state index in [2.05, 4.69) is 10.3 Å². The number of aromatic nitrogens is 1. The second-order valence-electron chi connectivity index (χ2n) is 7.63. The van der Waals surface area contributed by atoms with Crippen molar-refractivity contribution in [3.8, 4) is 0 Å². The van der Waals surface area contributed by atoms with E-state index in [9.17, 15) is 9.59 Å². The molecule has 1 heterocycles. The molecule has 3 aromatic carbocycles. The molecule has 0 atom stereocenters. The smallest absolute Gasteiger partial charge is 0.335 e. The van der Waals surface area contributed by atoms with Crippen LogP contribution in [-0.4, -0.2) is 50.2 Å². The number of benzene rings is 3. The van der Waals surface area contributed by atoms with Crippen molar-refractivity contribution < 1.29 is 14.7 Å². The molecule has 0 radical (unpaired) electrons. The summed E-state index contributed by atoms with van der Waals surface area (Å²) in [4.78, 5) is 31.0. The van der Waals surface area contributed by atoms with Gasteiger partial charge in [-0.25, -0.2) is 9.78 Å². The minimum atomic E-state index is -0.889. The second-order valence-corrected chi connectivity index (χ2v) is 8.66. The number of thiazole rings is 1.